The van der Waals surface area contributed by atoms with Crippen molar-refractivity contribution in [2.75, 3.05) is 6.61 Å². The summed E-state index contributed by atoms with van der Waals surface area (Å²) in [4.78, 5) is 0. The smallest absolute Gasteiger partial charge is 0.119 e. The van der Waals surface area contributed by atoms with Gasteiger partial charge in [-0.1, -0.05) is 12.1 Å². The second kappa shape index (κ2) is 4.72. The van der Waals surface area contributed by atoms with Gasteiger partial charge in [-0.05, 0) is 31.5 Å². The van der Waals surface area contributed by atoms with Crippen LogP contribution in [0.4, 0.5) is 4.70 Å². The van der Waals surface area contributed by atoms with E-state index in [4.69, 9.17) is 4.74 Å². The monoisotopic (exact) mass is 156 g/mol. The highest BCUT2D eigenvalue weighted by Gasteiger charge is 1.88. The molecule has 0 atom stereocenters. The third-order valence-electron chi connectivity index (χ3n) is 1.30. The van der Waals surface area contributed by atoms with Crippen LogP contribution in [0.15, 0.2) is 24.3 Å². The molecule has 0 aromatic heterocycles. The molecule has 0 fully saturated rings. The Labute approximate surface area is 66.4 Å². The molecule has 0 spiro atoms. The molecule has 62 valence electrons. The Kier molecular flexibility index (Phi) is 4.27. The van der Waals surface area contributed by atoms with Crippen LogP contribution in [0.3, 0.4) is 0 Å². The molecule has 2 heteroatoms. The molecule has 1 aromatic carbocycles. The fraction of sp³-hybridized carbons (Fsp3) is 0.333. The quantitative estimate of drug-likeness (QED) is 0.639. The lowest BCUT2D eigenvalue weighted by atomic mass is 10.2. The van der Waals surface area contributed by atoms with Crippen molar-refractivity contribution >= 4 is 0 Å². The van der Waals surface area contributed by atoms with Crippen LogP contribution < -0.4 is 4.74 Å². The highest BCUT2D eigenvalue weighted by Crippen LogP contribution is 2.11. The van der Waals surface area contributed by atoms with Crippen LogP contribution in [0, 0.1) is 6.92 Å². The van der Waals surface area contributed by atoms with Crippen molar-refractivity contribution in [2.24, 2.45) is 0 Å². The molecule has 0 bridgehead atoms. The van der Waals surface area contributed by atoms with Crippen molar-refractivity contribution in [3.05, 3.63) is 29.8 Å². The van der Waals surface area contributed by atoms with E-state index in [1.807, 2.05) is 25.1 Å². The van der Waals surface area contributed by atoms with Crippen molar-refractivity contribution in [3.8, 4) is 5.75 Å². The largest absolute Gasteiger partial charge is 0.494 e. The van der Waals surface area contributed by atoms with Gasteiger partial charge in [-0.2, -0.15) is 0 Å². The number of hydrogen-bond acceptors (Lipinski definition) is 1. The van der Waals surface area contributed by atoms with Gasteiger partial charge >= 0.3 is 0 Å². The maximum atomic E-state index is 5.29. The van der Waals surface area contributed by atoms with E-state index in [0.29, 0.717) is 0 Å². The summed E-state index contributed by atoms with van der Waals surface area (Å²) in [5.41, 5.74) is 1.24. The molecule has 0 amide bonds. The highest BCUT2D eigenvalue weighted by molar-refractivity contribution is 5.27. The summed E-state index contributed by atoms with van der Waals surface area (Å²) in [7, 11) is 0. The number of hydrogen-bond donors (Lipinski definition) is 0. The average molecular weight is 156 g/mol. The number of benzene rings is 1. The Morgan fingerprint density at radius 3 is 2.64 bits per heavy atom. The van der Waals surface area contributed by atoms with E-state index in [1.165, 1.54) is 5.56 Å². The van der Waals surface area contributed by atoms with Crippen molar-refractivity contribution in [3.63, 3.8) is 0 Å². The first-order chi connectivity index (χ1) is 4.83. The lowest BCUT2D eigenvalue weighted by molar-refractivity contribution is 0.340. The van der Waals surface area contributed by atoms with Gasteiger partial charge in [-0.25, -0.2) is 0 Å². The summed E-state index contributed by atoms with van der Waals surface area (Å²) >= 11 is 0. The average Bonchev–Trinajstić information content (AvgIpc) is 1.88. The second-order valence-electron chi connectivity index (χ2n) is 2.25. The maximum Gasteiger partial charge on any atom is 0.119 e. The zero-order valence-electron chi connectivity index (χ0n) is 6.83. The Hall–Kier alpha value is -1.05. The summed E-state index contributed by atoms with van der Waals surface area (Å²) in [6.45, 7) is 4.79. The minimum atomic E-state index is 0. The van der Waals surface area contributed by atoms with Gasteiger partial charge in [0.2, 0.25) is 0 Å². The van der Waals surface area contributed by atoms with Crippen molar-refractivity contribution in [1.29, 1.82) is 0 Å². The fourth-order valence-corrected chi connectivity index (χ4v) is 0.872. The van der Waals surface area contributed by atoms with Crippen LogP contribution >= 0.6 is 0 Å². The van der Waals surface area contributed by atoms with Gasteiger partial charge < -0.3 is 4.74 Å². The van der Waals surface area contributed by atoms with E-state index in [0.717, 1.165) is 12.4 Å². The highest BCUT2D eigenvalue weighted by atomic mass is 19.0. The van der Waals surface area contributed by atoms with Crippen LogP contribution in [-0.2, 0) is 0 Å². The molecule has 0 heterocycles. The molecular formula is C9H13FO. The summed E-state index contributed by atoms with van der Waals surface area (Å²) in [5.74, 6) is 0.961. The Bertz CT molecular complexity index is 210. The molecule has 0 radical (unpaired) electrons. The van der Waals surface area contributed by atoms with Crippen LogP contribution in [0.2, 0.25) is 0 Å². The van der Waals surface area contributed by atoms with Crippen LogP contribution in [0.1, 0.15) is 12.5 Å². The third kappa shape index (κ3) is 3.03. The lowest BCUT2D eigenvalue weighted by Crippen LogP contribution is -1.90. The number of ether oxygens (including phenoxy) is 1. The van der Waals surface area contributed by atoms with Crippen molar-refractivity contribution in [1.82, 2.24) is 0 Å². The Morgan fingerprint density at radius 1 is 1.36 bits per heavy atom. The summed E-state index contributed by atoms with van der Waals surface area (Å²) in [5, 5.41) is 0. The third-order valence-corrected chi connectivity index (χ3v) is 1.30. The van der Waals surface area contributed by atoms with Gasteiger partial charge in [-0.15, -0.1) is 0 Å². The fourth-order valence-electron chi connectivity index (χ4n) is 0.872. The van der Waals surface area contributed by atoms with E-state index in [2.05, 4.69) is 13.0 Å². The molecule has 1 aromatic rings. The first-order valence-corrected chi connectivity index (χ1v) is 3.52. The van der Waals surface area contributed by atoms with Gasteiger partial charge in [0.1, 0.15) is 5.75 Å². The van der Waals surface area contributed by atoms with Crippen LogP contribution in [0.25, 0.3) is 0 Å². The second-order valence-corrected chi connectivity index (χ2v) is 2.25. The minimum Gasteiger partial charge on any atom is -0.494 e. The van der Waals surface area contributed by atoms with Crippen molar-refractivity contribution < 1.29 is 9.44 Å². The van der Waals surface area contributed by atoms with E-state index in [-0.39, 0.29) is 4.70 Å². The van der Waals surface area contributed by atoms with Crippen LogP contribution in [0.5, 0.6) is 5.75 Å². The molecule has 11 heavy (non-hydrogen) atoms. The van der Waals surface area contributed by atoms with Gasteiger partial charge in [0, 0.05) is 0 Å². The zero-order chi connectivity index (χ0) is 7.40. The van der Waals surface area contributed by atoms with E-state index in [9.17, 15) is 0 Å². The molecule has 0 aliphatic rings. The normalized spacial score (nSPS) is 8.55. The summed E-state index contributed by atoms with van der Waals surface area (Å²) in [6, 6.07) is 8.06. The summed E-state index contributed by atoms with van der Waals surface area (Å²) in [6.07, 6.45) is 0. The van der Waals surface area contributed by atoms with Gasteiger partial charge in [0.05, 0.1) is 6.61 Å². The molecule has 0 unspecified atom stereocenters. The standard InChI is InChI=1S/C9H12O.FH/c1-3-10-9-6-4-5-8(2)7-9;/h4-7H,3H2,1-2H3;1H. The van der Waals surface area contributed by atoms with Crippen molar-refractivity contribution in [2.45, 2.75) is 13.8 Å². The zero-order valence-corrected chi connectivity index (χ0v) is 6.83. The molecular weight excluding hydrogens is 143 g/mol. The molecule has 0 N–H and O–H groups in total. The van der Waals surface area contributed by atoms with Crippen LogP contribution in [-0.4, -0.2) is 6.61 Å². The summed E-state index contributed by atoms with van der Waals surface area (Å²) < 4.78 is 5.29. The lowest BCUT2D eigenvalue weighted by Gasteiger charge is -2.01. The number of halogens is 1. The number of aryl methyl sites for hydroxylation is 1. The predicted molar refractivity (Wildman–Crippen MR) is 44.9 cm³/mol. The Morgan fingerprint density at radius 2 is 2.09 bits per heavy atom. The first kappa shape index (κ1) is 9.95. The van der Waals surface area contributed by atoms with Gasteiger partial charge in [0.15, 0.2) is 0 Å². The molecule has 1 rings (SSSR count). The molecule has 0 aliphatic heterocycles. The Balaban J connectivity index is 0.000001000. The molecule has 0 aliphatic carbocycles. The molecule has 0 saturated carbocycles. The van der Waals surface area contributed by atoms with E-state index < -0.39 is 0 Å². The topological polar surface area (TPSA) is 9.23 Å². The minimum absolute atomic E-state index is 0. The van der Waals surface area contributed by atoms with E-state index in [1.54, 1.807) is 0 Å². The first-order valence-electron chi connectivity index (χ1n) is 3.52. The van der Waals surface area contributed by atoms with Gasteiger partial charge in [-0.3, -0.25) is 4.70 Å². The predicted octanol–water partition coefficient (Wildman–Crippen LogP) is 2.55. The van der Waals surface area contributed by atoms with E-state index >= 15 is 0 Å². The maximum absolute atomic E-state index is 5.29. The molecule has 0 saturated heterocycles. The SMILES string of the molecule is CCOc1cccc(C)c1.F. The van der Waals surface area contributed by atoms with Gasteiger partial charge in [0.25, 0.3) is 0 Å². The number of rotatable bonds is 2. The molecule has 1 nitrogen and oxygen atoms in total.